The van der Waals surface area contributed by atoms with Crippen molar-refractivity contribution < 1.29 is 0 Å². The Morgan fingerprint density at radius 3 is 2.44 bits per heavy atom. The van der Waals surface area contributed by atoms with Crippen LogP contribution in [0.5, 0.6) is 0 Å². The van der Waals surface area contributed by atoms with E-state index in [2.05, 4.69) is 20.8 Å². The van der Waals surface area contributed by atoms with Gasteiger partial charge >= 0.3 is 0 Å². The van der Waals surface area contributed by atoms with Crippen molar-refractivity contribution in [3.05, 3.63) is 0 Å². The number of unbranched alkanes of at least 4 members (excludes halogenated alkanes) is 3. The topological polar surface area (TPSA) is 0 Å². The molecule has 2 fully saturated rings. The highest BCUT2D eigenvalue weighted by molar-refractivity contribution is 5.07. The molecule has 3 atom stereocenters. The molecule has 0 aromatic carbocycles. The molecule has 0 saturated heterocycles. The molecule has 2 rings (SSSR count). The van der Waals surface area contributed by atoms with Crippen LogP contribution in [0.4, 0.5) is 0 Å². The summed E-state index contributed by atoms with van der Waals surface area (Å²) in [5.74, 6) is 3.10. The van der Waals surface area contributed by atoms with E-state index in [1.54, 1.807) is 25.7 Å². The lowest BCUT2D eigenvalue weighted by Gasteiger charge is -2.13. The van der Waals surface area contributed by atoms with Crippen molar-refractivity contribution in [2.75, 3.05) is 0 Å². The summed E-state index contributed by atoms with van der Waals surface area (Å²) in [6.07, 6.45) is 13.6. The Labute approximate surface area is 102 Å². The molecule has 0 N–H and O–H groups in total. The van der Waals surface area contributed by atoms with Gasteiger partial charge in [0.1, 0.15) is 0 Å². The summed E-state index contributed by atoms with van der Waals surface area (Å²) in [6, 6.07) is 0. The third-order valence-electron chi connectivity index (χ3n) is 5.01. The molecule has 0 aliphatic heterocycles. The molecule has 0 heteroatoms. The van der Waals surface area contributed by atoms with Gasteiger partial charge in [0.15, 0.2) is 0 Å². The van der Waals surface area contributed by atoms with Crippen molar-refractivity contribution in [1.29, 1.82) is 0 Å². The first-order valence-electron chi connectivity index (χ1n) is 7.62. The fourth-order valence-corrected chi connectivity index (χ4v) is 4.07. The van der Waals surface area contributed by atoms with E-state index >= 15 is 0 Å². The van der Waals surface area contributed by atoms with Gasteiger partial charge in [0.05, 0.1) is 0 Å². The number of fused-ring (bicyclic) bond motifs is 1. The normalized spacial score (nSPS) is 36.8. The fraction of sp³-hybridized carbons (Fsp3) is 1.00. The van der Waals surface area contributed by atoms with E-state index in [4.69, 9.17) is 0 Å². The van der Waals surface area contributed by atoms with Gasteiger partial charge in [0.2, 0.25) is 0 Å². The molecule has 2 unspecified atom stereocenters. The lowest BCUT2D eigenvalue weighted by molar-refractivity contribution is 0.385. The van der Waals surface area contributed by atoms with Crippen molar-refractivity contribution in [3.8, 4) is 0 Å². The molecule has 0 spiro atoms. The van der Waals surface area contributed by atoms with Crippen LogP contribution >= 0.6 is 0 Å². The van der Waals surface area contributed by atoms with Crippen LogP contribution < -0.4 is 0 Å². The Bertz CT molecular complexity index is 218. The van der Waals surface area contributed by atoms with Gasteiger partial charge in [-0.3, -0.25) is 0 Å². The van der Waals surface area contributed by atoms with E-state index in [1.165, 1.54) is 32.1 Å². The second kappa shape index (κ2) is 5.10. The highest BCUT2D eigenvalue weighted by Crippen LogP contribution is 2.67. The van der Waals surface area contributed by atoms with Gasteiger partial charge in [-0.1, -0.05) is 52.9 Å². The Balaban J connectivity index is 1.50. The lowest BCUT2D eigenvalue weighted by atomic mass is 9.92. The minimum Gasteiger partial charge on any atom is -0.0628 e. The third kappa shape index (κ3) is 3.02. The standard InChI is InChI=1S/C16H30/c1-13(2)8-6-4-5-7-9-16-11-14(3)10-15(16)12-16/h13-15H,4-12H2,1-3H3/t14-,15?,16?/m0/s1. The van der Waals surface area contributed by atoms with Crippen molar-refractivity contribution in [2.45, 2.75) is 78.6 Å². The van der Waals surface area contributed by atoms with Gasteiger partial charge in [-0.25, -0.2) is 0 Å². The highest BCUT2D eigenvalue weighted by atomic mass is 14.6. The van der Waals surface area contributed by atoms with Crippen LogP contribution in [-0.4, -0.2) is 0 Å². The monoisotopic (exact) mass is 222 g/mol. The van der Waals surface area contributed by atoms with E-state index in [-0.39, 0.29) is 0 Å². The van der Waals surface area contributed by atoms with Gasteiger partial charge < -0.3 is 0 Å². The molecular weight excluding hydrogens is 192 g/mol. The lowest BCUT2D eigenvalue weighted by Crippen LogP contribution is -2.01. The molecule has 0 nitrogen and oxygen atoms in total. The summed E-state index contributed by atoms with van der Waals surface area (Å²) in [6.45, 7) is 7.14. The number of rotatable bonds is 7. The van der Waals surface area contributed by atoms with Crippen LogP contribution in [0.15, 0.2) is 0 Å². The first-order chi connectivity index (χ1) is 7.62. The molecule has 0 aromatic rings. The van der Waals surface area contributed by atoms with Crippen LogP contribution in [0.3, 0.4) is 0 Å². The summed E-state index contributed by atoms with van der Waals surface area (Å²) in [7, 11) is 0. The van der Waals surface area contributed by atoms with Gasteiger partial charge in [-0.05, 0) is 48.9 Å². The molecule has 0 bridgehead atoms. The molecule has 16 heavy (non-hydrogen) atoms. The number of hydrogen-bond donors (Lipinski definition) is 0. The third-order valence-corrected chi connectivity index (χ3v) is 5.01. The zero-order valence-electron chi connectivity index (χ0n) is 11.6. The predicted octanol–water partition coefficient (Wildman–Crippen LogP) is 5.42. The fourth-order valence-electron chi connectivity index (χ4n) is 4.07. The second-order valence-corrected chi connectivity index (χ2v) is 7.16. The maximum Gasteiger partial charge on any atom is -0.0263 e. The van der Waals surface area contributed by atoms with Crippen LogP contribution in [0, 0.1) is 23.2 Å². The molecule has 0 amide bonds. The van der Waals surface area contributed by atoms with E-state index < -0.39 is 0 Å². The molecule has 0 heterocycles. The van der Waals surface area contributed by atoms with Gasteiger partial charge in [-0.15, -0.1) is 0 Å². The van der Waals surface area contributed by atoms with Crippen LogP contribution in [0.25, 0.3) is 0 Å². The molecule has 2 aliphatic rings. The molecule has 94 valence electrons. The minimum absolute atomic E-state index is 0.872. The summed E-state index contributed by atoms with van der Waals surface area (Å²) in [5, 5.41) is 0. The average molecular weight is 222 g/mol. The molecule has 2 saturated carbocycles. The maximum atomic E-state index is 2.45. The first-order valence-corrected chi connectivity index (χ1v) is 7.62. The molecule has 0 aromatic heterocycles. The Kier molecular flexibility index (Phi) is 3.97. The van der Waals surface area contributed by atoms with Crippen LogP contribution in [0.1, 0.15) is 78.6 Å². The summed E-state index contributed by atoms with van der Waals surface area (Å²) in [4.78, 5) is 0. The highest BCUT2D eigenvalue weighted by Gasteiger charge is 2.57. The van der Waals surface area contributed by atoms with Crippen LogP contribution in [-0.2, 0) is 0 Å². The van der Waals surface area contributed by atoms with Crippen molar-refractivity contribution in [3.63, 3.8) is 0 Å². The number of hydrogen-bond acceptors (Lipinski definition) is 0. The first kappa shape index (κ1) is 12.5. The van der Waals surface area contributed by atoms with Gasteiger partial charge in [0.25, 0.3) is 0 Å². The molecule has 2 aliphatic carbocycles. The maximum absolute atomic E-state index is 2.45. The van der Waals surface area contributed by atoms with E-state index in [0.717, 1.165) is 23.2 Å². The van der Waals surface area contributed by atoms with E-state index in [1.807, 2.05) is 0 Å². The van der Waals surface area contributed by atoms with E-state index in [0.29, 0.717) is 0 Å². The summed E-state index contributed by atoms with van der Waals surface area (Å²) < 4.78 is 0. The summed E-state index contributed by atoms with van der Waals surface area (Å²) in [5.41, 5.74) is 0.872. The van der Waals surface area contributed by atoms with E-state index in [9.17, 15) is 0 Å². The van der Waals surface area contributed by atoms with Gasteiger partial charge in [-0.2, -0.15) is 0 Å². The smallest absolute Gasteiger partial charge is 0.0263 e. The largest absolute Gasteiger partial charge is 0.0628 e. The molecular formula is C16H30. The average Bonchev–Trinajstić information content (AvgIpc) is 2.75. The SMILES string of the molecule is CC(C)CCCCCCC12CC1C[C@H](C)C2. The van der Waals surface area contributed by atoms with Gasteiger partial charge in [0, 0.05) is 0 Å². The zero-order valence-corrected chi connectivity index (χ0v) is 11.6. The second-order valence-electron chi connectivity index (χ2n) is 7.16. The predicted molar refractivity (Wildman–Crippen MR) is 71.5 cm³/mol. The van der Waals surface area contributed by atoms with Crippen LogP contribution in [0.2, 0.25) is 0 Å². The minimum atomic E-state index is 0.872. The Morgan fingerprint density at radius 1 is 1.06 bits per heavy atom. The summed E-state index contributed by atoms with van der Waals surface area (Å²) >= 11 is 0. The zero-order chi connectivity index (χ0) is 11.6. The Hall–Kier alpha value is 0. The van der Waals surface area contributed by atoms with Crippen molar-refractivity contribution >= 4 is 0 Å². The molecule has 0 radical (unpaired) electrons. The quantitative estimate of drug-likeness (QED) is 0.505. The van der Waals surface area contributed by atoms with Crippen molar-refractivity contribution in [1.82, 2.24) is 0 Å². The Morgan fingerprint density at radius 2 is 1.81 bits per heavy atom. The van der Waals surface area contributed by atoms with Crippen molar-refractivity contribution in [2.24, 2.45) is 23.2 Å².